The average molecular weight is 283 g/mol. The van der Waals surface area contributed by atoms with E-state index in [0.29, 0.717) is 6.42 Å². The van der Waals surface area contributed by atoms with E-state index in [0.717, 1.165) is 43.4 Å². The number of pyridine rings is 1. The van der Waals surface area contributed by atoms with E-state index in [1.54, 1.807) is 6.26 Å². The number of rotatable bonds is 3. The van der Waals surface area contributed by atoms with Gasteiger partial charge in [-0.15, -0.1) is 10.2 Å². The maximum Gasteiger partial charge on any atom is 0.162 e. The van der Waals surface area contributed by atoms with Crippen LogP contribution >= 0.6 is 0 Å². The van der Waals surface area contributed by atoms with Gasteiger partial charge in [-0.3, -0.25) is 4.40 Å². The van der Waals surface area contributed by atoms with Gasteiger partial charge < -0.3 is 14.6 Å². The summed E-state index contributed by atoms with van der Waals surface area (Å²) in [4.78, 5) is 2.37. The smallest absolute Gasteiger partial charge is 0.162 e. The molecule has 4 heterocycles. The van der Waals surface area contributed by atoms with Gasteiger partial charge in [0.05, 0.1) is 12.7 Å². The Balaban J connectivity index is 1.63. The van der Waals surface area contributed by atoms with Gasteiger partial charge in [-0.05, 0) is 18.2 Å². The van der Waals surface area contributed by atoms with Crippen molar-refractivity contribution < 1.29 is 4.42 Å². The van der Waals surface area contributed by atoms with Gasteiger partial charge in [-0.1, -0.05) is 0 Å². The monoisotopic (exact) mass is 283 g/mol. The molecule has 1 fully saturated rings. The fraction of sp³-hybridized carbons (Fsp3) is 0.333. The van der Waals surface area contributed by atoms with E-state index in [1.807, 2.05) is 22.7 Å². The molecule has 0 bridgehead atoms. The highest BCUT2D eigenvalue weighted by molar-refractivity contribution is 5.56. The number of hydrogen-bond donors (Lipinski definition) is 1. The Hall–Kier alpha value is -2.34. The molecule has 3 aromatic rings. The lowest BCUT2D eigenvalue weighted by molar-refractivity contribution is 0.516. The normalized spacial score (nSPS) is 15.7. The molecular weight excluding hydrogens is 266 g/mol. The molecule has 0 atom stereocenters. The molecule has 0 amide bonds. The van der Waals surface area contributed by atoms with Crippen LogP contribution in [0.25, 0.3) is 5.65 Å². The van der Waals surface area contributed by atoms with Crippen LogP contribution in [0.3, 0.4) is 0 Å². The second-order valence-electron chi connectivity index (χ2n) is 5.22. The molecule has 1 N–H and O–H groups in total. The highest BCUT2D eigenvalue weighted by Gasteiger charge is 2.13. The Labute approximate surface area is 122 Å². The Bertz CT molecular complexity index is 728. The van der Waals surface area contributed by atoms with E-state index >= 15 is 0 Å². The predicted molar refractivity (Wildman–Crippen MR) is 79.6 cm³/mol. The lowest BCUT2D eigenvalue weighted by Gasteiger charge is -2.29. The Morgan fingerprint density at radius 3 is 2.90 bits per heavy atom. The van der Waals surface area contributed by atoms with E-state index in [4.69, 9.17) is 4.42 Å². The highest BCUT2D eigenvalue weighted by Crippen LogP contribution is 2.18. The maximum absolute atomic E-state index is 5.38. The first-order valence-electron chi connectivity index (χ1n) is 7.22. The topological polar surface area (TPSA) is 58.6 Å². The molecular formula is C15H17N5O. The van der Waals surface area contributed by atoms with E-state index in [2.05, 4.69) is 32.5 Å². The van der Waals surface area contributed by atoms with Gasteiger partial charge in [0.1, 0.15) is 11.6 Å². The number of aromatic nitrogens is 3. The predicted octanol–water partition coefficient (Wildman–Crippen LogP) is 1.32. The Kier molecular flexibility index (Phi) is 3.08. The largest absolute Gasteiger partial charge is 0.469 e. The summed E-state index contributed by atoms with van der Waals surface area (Å²) in [7, 11) is 0. The Morgan fingerprint density at radius 1 is 1.19 bits per heavy atom. The van der Waals surface area contributed by atoms with Gasteiger partial charge in [-0.2, -0.15) is 0 Å². The molecule has 0 unspecified atom stereocenters. The van der Waals surface area contributed by atoms with Gasteiger partial charge in [-0.25, -0.2) is 0 Å². The lowest BCUT2D eigenvalue weighted by Crippen LogP contribution is -2.43. The van der Waals surface area contributed by atoms with Crippen molar-refractivity contribution in [1.82, 2.24) is 19.9 Å². The second-order valence-corrected chi connectivity index (χ2v) is 5.22. The molecule has 6 nitrogen and oxygen atoms in total. The van der Waals surface area contributed by atoms with Crippen molar-refractivity contribution in [3.8, 4) is 0 Å². The molecule has 1 saturated heterocycles. The summed E-state index contributed by atoms with van der Waals surface area (Å²) in [6.45, 7) is 4.12. The number of nitrogens with zero attached hydrogens (tertiary/aromatic N) is 4. The number of fused-ring (bicyclic) bond motifs is 1. The first-order valence-corrected chi connectivity index (χ1v) is 7.22. The zero-order valence-corrected chi connectivity index (χ0v) is 11.7. The molecule has 0 aliphatic carbocycles. The molecule has 21 heavy (non-hydrogen) atoms. The van der Waals surface area contributed by atoms with Crippen LogP contribution in [0.5, 0.6) is 0 Å². The summed E-state index contributed by atoms with van der Waals surface area (Å²) in [5.74, 6) is 1.79. The number of furan rings is 1. The highest BCUT2D eigenvalue weighted by atomic mass is 16.3. The fourth-order valence-electron chi connectivity index (χ4n) is 2.74. The first kappa shape index (κ1) is 12.4. The van der Waals surface area contributed by atoms with Gasteiger partial charge in [0, 0.05) is 44.1 Å². The third-order valence-corrected chi connectivity index (χ3v) is 3.86. The number of anilines is 1. The molecule has 3 aromatic heterocycles. The second kappa shape index (κ2) is 5.21. The summed E-state index contributed by atoms with van der Waals surface area (Å²) in [6.07, 6.45) is 4.38. The summed E-state index contributed by atoms with van der Waals surface area (Å²) in [6, 6.07) is 8.08. The van der Waals surface area contributed by atoms with Crippen LogP contribution in [0.1, 0.15) is 11.6 Å². The van der Waals surface area contributed by atoms with Crippen LogP contribution in [0.2, 0.25) is 0 Å². The van der Waals surface area contributed by atoms with Crippen LogP contribution < -0.4 is 10.2 Å². The molecule has 1 aliphatic heterocycles. The van der Waals surface area contributed by atoms with Crippen molar-refractivity contribution in [3.63, 3.8) is 0 Å². The SMILES string of the molecule is c1coc(Cc2nnc3cc(N4CCNCC4)ccn23)c1. The minimum atomic E-state index is 0.654. The molecule has 1 aliphatic rings. The average Bonchev–Trinajstić information content (AvgIpc) is 3.18. The van der Waals surface area contributed by atoms with Crippen LogP contribution in [-0.2, 0) is 6.42 Å². The van der Waals surface area contributed by atoms with Gasteiger partial charge >= 0.3 is 0 Å². The van der Waals surface area contributed by atoms with Crippen molar-refractivity contribution in [2.75, 3.05) is 31.1 Å². The van der Waals surface area contributed by atoms with Gasteiger partial charge in [0.2, 0.25) is 0 Å². The van der Waals surface area contributed by atoms with Crippen LogP contribution in [0.15, 0.2) is 41.1 Å². The molecule has 4 rings (SSSR count). The molecule has 108 valence electrons. The fourth-order valence-corrected chi connectivity index (χ4v) is 2.74. The van der Waals surface area contributed by atoms with Crippen LogP contribution in [0, 0.1) is 0 Å². The number of hydrogen-bond acceptors (Lipinski definition) is 5. The number of piperazine rings is 1. The van der Waals surface area contributed by atoms with E-state index < -0.39 is 0 Å². The number of nitrogens with one attached hydrogen (secondary N) is 1. The van der Waals surface area contributed by atoms with Crippen molar-refractivity contribution in [2.45, 2.75) is 6.42 Å². The lowest BCUT2D eigenvalue weighted by atomic mass is 10.3. The van der Waals surface area contributed by atoms with Crippen molar-refractivity contribution in [3.05, 3.63) is 48.3 Å². The molecule has 0 aromatic carbocycles. The first-order chi connectivity index (χ1) is 10.4. The molecule has 0 radical (unpaired) electrons. The van der Waals surface area contributed by atoms with Crippen LogP contribution in [-0.4, -0.2) is 40.8 Å². The standard InChI is InChI=1S/C15H17N5O/c1-2-13(21-9-1)11-15-18-17-14-10-12(3-6-20(14)15)19-7-4-16-5-8-19/h1-3,6,9-10,16H,4-5,7-8,11H2. The quantitative estimate of drug-likeness (QED) is 0.785. The molecule has 0 saturated carbocycles. The zero-order chi connectivity index (χ0) is 14.1. The van der Waals surface area contributed by atoms with Gasteiger partial charge in [0.15, 0.2) is 5.65 Å². The summed E-state index contributed by atoms with van der Waals surface area (Å²) in [5, 5.41) is 11.9. The molecule has 0 spiro atoms. The van der Waals surface area contributed by atoms with Gasteiger partial charge in [0.25, 0.3) is 0 Å². The maximum atomic E-state index is 5.38. The minimum absolute atomic E-state index is 0.654. The van der Waals surface area contributed by atoms with Crippen molar-refractivity contribution >= 4 is 11.3 Å². The Morgan fingerprint density at radius 2 is 2.10 bits per heavy atom. The van der Waals surface area contributed by atoms with Crippen LogP contribution in [0.4, 0.5) is 5.69 Å². The van der Waals surface area contributed by atoms with E-state index in [9.17, 15) is 0 Å². The summed E-state index contributed by atoms with van der Waals surface area (Å²) >= 11 is 0. The minimum Gasteiger partial charge on any atom is -0.469 e. The van der Waals surface area contributed by atoms with E-state index in [-0.39, 0.29) is 0 Å². The van der Waals surface area contributed by atoms with E-state index in [1.165, 1.54) is 5.69 Å². The van der Waals surface area contributed by atoms with Crippen molar-refractivity contribution in [2.24, 2.45) is 0 Å². The zero-order valence-electron chi connectivity index (χ0n) is 11.7. The summed E-state index contributed by atoms with van der Waals surface area (Å²) < 4.78 is 7.40. The third kappa shape index (κ3) is 2.38. The van der Waals surface area contributed by atoms with Crippen molar-refractivity contribution in [1.29, 1.82) is 0 Å². The third-order valence-electron chi connectivity index (χ3n) is 3.86. The molecule has 6 heteroatoms. The summed E-state index contributed by atoms with van der Waals surface area (Å²) in [5.41, 5.74) is 2.09.